The molecule has 0 amide bonds. The van der Waals surface area contributed by atoms with Gasteiger partial charge in [0.1, 0.15) is 12.4 Å². The number of nitrogens with one attached hydrogen (secondary N) is 1. The molecule has 3 nitrogen and oxygen atoms in total. The minimum Gasteiger partial charge on any atom is -0.487 e. The zero-order valence-corrected chi connectivity index (χ0v) is 21.3. The van der Waals surface area contributed by atoms with E-state index in [-0.39, 0.29) is 0 Å². The summed E-state index contributed by atoms with van der Waals surface area (Å²) >= 11 is 13.9. The van der Waals surface area contributed by atoms with Gasteiger partial charge in [0.2, 0.25) is 0 Å². The lowest BCUT2D eigenvalue weighted by atomic mass is 10.2. The fourth-order valence-electron chi connectivity index (χ4n) is 2.39. The van der Waals surface area contributed by atoms with E-state index in [4.69, 9.17) is 16.3 Å². The summed E-state index contributed by atoms with van der Waals surface area (Å²) in [6.45, 7) is 1.19. The van der Waals surface area contributed by atoms with Gasteiger partial charge in [0.25, 0.3) is 0 Å². The van der Waals surface area contributed by atoms with E-state index >= 15 is 0 Å². The summed E-state index contributed by atoms with van der Waals surface area (Å²) in [6, 6.07) is 20.0. The van der Waals surface area contributed by atoms with Crippen molar-refractivity contribution in [1.82, 2.24) is 5.43 Å². The van der Waals surface area contributed by atoms with Crippen LogP contribution in [0.3, 0.4) is 0 Å². The summed E-state index contributed by atoms with van der Waals surface area (Å²) in [6.07, 6.45) is 1.82. The van der Waals surface area contributed by atoms with Crippen molar-refractivity contribution in [3.05, 3.63) is 94.0 Å². The van der Waals surface area contributed by atoms with Crippen molar-refractivity contribution in [3.63, 3.8) is 0 Å². The third-order valence-corrected chi connectivity index (χ3v) is 6.20. The zero-order valence-electron chi connectivity index (χ0n) is 14.6. The van der Waals surface area contributed by atoms with Crippen LogP contribution in [0.25, 0.3) is 0 Å². The largest absolute Gasteiger partial charge is 0.487 e. The first kappa shape index (κ1) is 21.9. The SMILES string of the molecule is Clc1ccc(CN/N=C\c2cc(I)c(OCc3ccc(Br)cc3)c(I)c2)cc1. The first-order chi connectivity index (χ1) is 13.5. The summed E-state index contributed by atoms with van der Waals surface area (Å²) < 4.78 is 9.22. The quantitative estimate of drug-likeness (QED) is 0.165. The molecule has 0 unspecified atom stereocenters. The molecule has 0 saturated carbocycles. The number of hydrogen-bond acceptors (Lipinski definition) is 3. The molecule has 0 aliphatic carbocycles. The van der Waals surface area contributed by atoms with Gasteiger partial charge in [-0.05, 0) is 98.3 Å². The van der Waals surface area contributed by atoms with Crippen molar-refractivity contribution in [2.75, 3.05) is 0 Å². The highest BCUT2D eigenvalue weighted by molar-refractivity contribution is 14.1. The molecule has 7 heteroatoms. The highest BCUT2D eigenvalue weighted by Crippen LogP contribution is 2.29. The van der Waals surface area contributed by atoms with E-state index in [0.29, 0.717) is 13.2 Å². The maximum atomic E-state index is 6.04. The smallest absolute Gasteiger partial charge is 0.146 e. The van der Waals surface area contributed by atoms with Crippen LogP contribution in [-0.4, -0.2) is 6.21 Å². The minimum absolute atomic E-state index is 0.537. The van der Waals surface area contributed by atoms with Crippen LogP contribution < -0.4 is 10.2 Å². The number of nitrogens with zero attached hydrogens (tertiary/aromatic N) is 1. The Kier molecular flexibility index (Phi) is 8.43. The molecule has 0 saturated heterocycles. The summed E-state index contributed by atoms with van der Waals surface area (Å²) in [7, 11) is 0. The third kappa shape index (κ3) is 6.60. The van der Waals surface area contributed by atoms with Crippen molar-refractivity contribution in [2.45, 2.75) is 13.2 Å². The van der Waals surface area contributed by atoms with Crippen molar-refractivity contribution < 1.29 is 4.74 Å². The van der Waals surface area contributed by atoms with E-state index in [1.165, 1.54) is 0 Å². The molecule has 28 heavy (non-hydrogen) atoms. The molecule has 0 bridgehead atoms. The second kappa shape index (κ2) is 10.8. The van der Waals surface area contributed by atoms with Crippen LogP contribution >= 0.6 is 72.7 Å². The topological polar surface area (TPSA) is 33.6 Å². The summed E-state index contributed by atoms with van der Waals surface area (Å²) in [5.41, 5.74) is 6.34. The monoisotopic (exact) mass is 680 g/mol. The number of rotatable bonds is 7. The van der Waals surface area contributed by atoms with Gasteiger partial charge in [-0.15, -0.1) is 0 Å². The molecule has 3 aromatic rings. The first-order valence-corrected chi connectivity index (χ1v) is 11.7. The first-order valence-electron chi connectivity index (χ1n) is 8.38. The average Bonchev–Trinajstić information content (AvgIpc) is 2.67. The summed E-state index contributed by atoms with van der Waals surface area (Å²) in [5.74, 6) is 0.899. The fourth-order valence-corrected chi connectivity index (χ4v) is 4.91. The molecule has 0 heterocycles. The van der Waals surface area contributed by atoms with Crippen LogP contribution in [0.5, 0.6) is 5.75 Å². The maximum Gasteiger partial charge on any atom is 0.146 e. The van der Waals surface area contributed by atoms with E-state index in [0.717, 1.165) is 39.1 Å². The van der Waals surface area contributed by atoms with E-state index in [2.05, 4.69) is 95.9 Å². The molecule has 3 aromatic carbocycles. The van der Waals surface area contributed by atoms with Crippen LogP contribution in [0.15, 0.2) is 70.2 Å². The van der Waals surface area contributed by atoms with Gasteiger partial charge >= 0.3 is 0 Å². The van der Waals surface area contributed by atoms with Gasteiger partial charge < -0.3 is 10.2 Å². The number of benzene rings is 3. The molecule has 144 valence electrons. The third-order valence-electron chi connectivity index (χ3n) is 3.82. The minimum atomic E-state index is 0.537. The standard InChI is InChI=1S/C21H16BrClI2N2O/c22-17-5-1-15(2-6-17)13-28-21-19(24)9-16(10-20(21)25)12-27-26-11-14-3-7-18(23)8-4-14/h1-10,12,26H,11,13H2/b27-12-. The van der Waals surface area contributed by atoms with E-state index in [9.17, 15) is 0 Å². The van der Waals surface area contributed by atoms with Gasteiger partial charge in [0.05, 0.1) is 19.9 Å². The Labute approximate surface area is 205 Å². The Morgan fingerprint density at radius 2 is 1.57 bits per heavy atom. The Morgan fingerprint density at radius 1 is 0.964 bits per heavy atom. The lowest BCUT2D eigenvalue weighted by Crippen LogP contribution is -2.05. The normalized spacial score (nSPS) is 11.0. The van der Waals surface area contributed by atoms with Crippen LogP contribution in [0, 0.1) is 7.14 Å². The molecule has 3 rings (SSSR count). The number of ether oxygens (including phenoxy) is 1. The number of halogens is 4. The molecule has 0 fully saturated rings. The molecule has 0 aliphatic rings. The highest BCUT2D eigenvalue weighted by atomic mass is 127. The predicted molar refractivity (Wildman–Crippen MR) is 136 cm³/mol. The van der Waals surface area contributed by atoms with E-state index in [1.807, 2.05) is 42.6 Å². The van der Waals surface area contributed by atoms with Crippen molar-refractivity contribution in [1.29, 1.82) is 0 Å². The van der Waals surface area contributed by atoms with Gasteiger partial charge in [-0.1, -0.05) is 51.8 Å². The Bertz CT molecular complexity index is 940. The van der Waals surface area contributed by atoms with Gasteiger partial charge in [-0.2, -0.15) is 5.10 Å². The second-order valence-electron chi connectivity index (χ2n) is 5.95. The molecule has 0 radical (unpaired) electrons. The van der Waals surface area contributed by atoms with Crippen LogP contribution in [-0.2, 0) is 13.2 Å². The zero-order chi connectivity index (χ0) is 19.9. The van der Waals surface area contributed by atoms with E-state index < -0.39 is 0 Å². The highest BCUT2D eigenvalue weighted by Gasteiger charge is 2.09. The van der Waals surface area contributed by atoms with E-state index in [1.54, 1.807) is 0 Å². The molecular weight excluding hydrogens is 665 g/mol. The van der Waals surface area contributed by atoms with Crippen LogP contribution in [0.4, 0.5) is 0 Å². The number of hydrogen-bond donors (Lipinski definition) is 1. The summed E-state index contributed by atoms with van der Waals surface area (Å²) in [4.78, 5) is 0. The van der Waals surface area contributed by atoms with Gasteiger partial charge in [0.15, 0.2) is 0 Å². The second-order valence-corrected chi connectivity index (χ2v) is 9.62. The molecular formula is C21H16BrClI2N2O. The Morgan fingerprint density at radius 3 is 2.21 bits per heavy atom. The number of hydrazone groups is 1. The van der Waals surface area contributed by atoms with Crippen LogP contribution in [0.2, 0.25) is 5.02 Å². The maximum absolute atomic E-state index is 6.04. The molecule has 1 N–H and O–H groups in total. The summed E-state index contributed by atoms with van der Waals surface area (Å²) in [5, 5.41) is 5.05. The van der Waals surface area contributed by atoms with Gasteiger partial charge in [-0.25, -0.2) is 0 Å². The molecule has 0 spiro atoms. The van der Waals surface area contributed by atoms with Gasteiger partial charge in [-0.3, -0.25) is 0 Å². The lowest BCUT2D eigenvalue weighted by molar-refractivity contribution is 0.301. The van der Waals surface area contributed by atoms with Crippen LogP contribution in [0.1, 0.15) is 16.7 Å². The fraction of sp³-hybridized carbons (Fsp3) is 0.0952. The van der Waals surface area contributed by atoms with Crippen molar-refractivity contribution in [3.8, 4) is 5.75 Å². The average molecular weight is 682 g/mol. The van der Waals surface area contributed by atoms with Crippen molar-refractivity contribution >= 4 is 78.9 Å². The molecule has 0 aromatic heterocycles. The van der Waals surface area contributed by atoms with Crippen molar-refractivity contribution in [2.24, 2.45) is 5.10 Å². The lowest BCUT2D eigenvalue weighted by Gasteiger charge is -2.11. The molecule has 0 aliphatic heterocycles. The Hall–Kier alpha value is -0.840. The van der Waals surface area contributed by atoms with Gasteiger partial charge in [0, 0.05) is 9.50 Å². The Balaban J connectivity index is 1.59. The predicted octanol–water partition coefficient (Wildman–Crippen LogP) is 7.01. The molecule has 0 atom stereocenters.